The zero-order valence-corrected chi connectivity index (χ0v) is 9.62. The predicted molar refractivity (Wildman–Crippen MR) is 57.9 cm³/mol. The van der Waals surface area contributed by atoms with Crippen LogP contribution in [0.4, 0.5) is 0 Å². The molecule has 1 unspecified atom stereocenters. The molecule has 0 spiro atoms. The first-order chi connectivity index (χ1) is 6.69. The van der Waals surface area contributed by atoms with Crippen molar-refractivity contribution in [2.75, 3.05) is 20.3 Å². The van der Waals surface area contributed by atoms with Crippen molar-refractivity contribution in [2.24, 2.45) is 0 Å². The Morgan fingerprint density at radius 1 is 1.43 bits per heavy atom. The maximum atomic E-state index is 11.4. The number of likely N-dealkylation sites (N-methyl/N-ethyl adjacent to an activating group) is 1. The summed E-state index contributed by atoms with van der Waals surface area (Å²) in [5.74, 6) is 0.264. The second-order valence-electron chi connectivity index (χ2n) is 4.18. The van der Waals surface area contributed by atoms with Crippen LogP contribution in [0.1, 0.15) is 39.5 Å². The molecule has 1 aliphatic rings. The molecular formula is C11H22N2O. The normalized spacial score (nSPS) is 20.5. The third kappa shape index (κ3) is 2.71. The molecule has 1 atom stereocenters. The standard InChI is InChI=1S/C11H22N2O/c1-4-6-7-10(5-2)13-8-11(14)12(3)9-13/h10H,4-9H2,1-3H3. The van der Waals surface area contributed by atoms with E-state index in [4.69, 9.17) is 0 Å². The zero-order valence-electron chi connectivity index (χ0n) is 9.62. The fraction of sp³-hybridized carbons (Fsp3) is 0.909. The molecule has 0 saturated carbocycles. The fourth-order valence-electron chi connectivity index (χ4n) is 2.03. The molecule has 0 aromatic carbocycles. The van der Waals surface area contributed by atoms with Gasteiger partial charge in [0, 0.05) is 13.1 Å². The molecule has 0 radical (unpaired) electrons. The van der Waals surface area contributed by atoms with Crippen molar-refractivity contribution in [2.45, 2.75) is 45.6 Å². The molecule has 1 rings (SSSR count). The average Bonchev–Trinajstić information content (AvgIpc) is 2.48. The van der Waals surface area contributed by atoms with E-state index in [0.717, 1.165) is 13.1 Å². The van der Waals surface area contributed by atoms with Gasteiger partial charge in [0.05, 0.1) is 13.2 Å². The summed E-state index contributed by atoms with van der Waals surface area (Å²) >= 11 is 0. The van der Waals surface area contributed by atoms with Crippen LogP contribution in [0, 0.1) is 0 Å². The Labute approximate surface area is 87.1 Å². The van der Waals surface area contributed by atoms with E-state index < -0.39 is 0 Å². The molecule has 0 N–H and O–H groups in total. The molecule has 0 aromatic rings. The van der Waals surface area contributed by atoms with Crippen LogP contribution in [0.5, 0.6) is 0 Å². The van der Waals surface area contributed by atoms with Gasteiger partial charge in [0.1, 0.15) is 0 Å². The minimum absolute atomic E-state index is 0.264. The summed E-state index contributed by atoms with van der Waals surface area (Å²) in [4.78, 5) is 15.5. The lowest BCUT2D eigenvalue weighted by Crippen LogP contribution is -2.34. The van der Waals surface area contributed by atoms with Gasteiger partial charge in [-0.25, -0.2) is 0 Å². The second kappa shape index (κ2) is 5.35. The number of amides is 1. The largest absolute Gasteiger partial charge is 0.332 e. The first kappa shape index (κ1) is 11.5. The van der Waals surface area contributed by atoms with E-state index >= 15 is 0 Å². The number of carbonyl (C=O) groups excluding carboxylic acids is 1. The summed E-state index contributed by atoms with van der Waals surface area (Å²) in [6.07, 6.45) is 4.90. The van der Waals surface area contributed by atoms with Crippen LogP contribution >= 0.6 is 0 Å². The number of unbranched alkanes of at least 4 members (excludes halogenated alkanes) is 1. The molecule has 82 valence electrons. The van der Waals surface area contributed by atoms with E-state index in [-0.39, 0.29) is 5.91 Å². The highest BCUT2D eigenvalue weighted by Crippen LogP contribution is 2.16. The SMILES string of the molecule is CCCCC(CC)N1CC(=O)N(C)C1. The van der Waals surface area contributed by atoms with Gasteiger partial charge in [-0.1, -0.05) is 26.7 Å². The Kier molecular flexibility index (Phi) is 4.39. The Hall–Kier alpha value is -0.570. The Balaban J connectivity index is 2.41. The van der Waals surface area contributed by atoms with Gasteiger partial charge in [-0.3, -0.25) is 9.69 Å². The van der Waals surface area contributed by atoms with Crippen LogP contribution < -0.4 is 0 Å². The number of hydrogen-bond donors (Lipinski definition) is 0. The Morgan fingerprint density at radius 3 is 2.57 bits per heavy atom. The summed E-state index contributed by atoms with van der Waals surface area (Å²) in [6, 6.07) is 0.601. The van der Waals surface area contributed by atoms with Crippen molar-refractivity contribution in [3.05, 3.63) is 0 Å². The Morgan fingerprint density at radius 2 is 2.14 bits per heavy atom. The van der Waals surface area contributed by atoms with Crippen LogP contribution in [-0.4, -0.2) is 42.0 Å². The Bertz CT molecular complexity index is 194. The maximum absolute atomic E-state index is 11.4. The number of hydrogen-bond acceptors (Lipinski definition) is 2. The third-order valence-corrected chi connectivity index (χ3v) is 3.04. The van der Waals surface area contributed by atoms with Gasteiger partial charge in [-0.05, 0) is 12.8 Å². The quantitative estimate of drug-likeness (QED) is 0.671. The molecule has 1 saturated heterocycles. The van der Waals surface area contributed by atoms with E-state index in [2.05, 4.69) is 18.7 Å². The van der Waals surface area contributed by atoms with E-state index in [9.17, 15) is 4.79 Å². The van der Waals surface area contributed by atoms with Gasteiger partial charge in [-0.15, -0.1) is 0 Å². The lowest BCUT2D eigenvalue weighted by Gasteiger charge is -2.25. The first-order valence-electron chi connectivity index (χ1n) is 5.67. The van der Waals surface area contributed by atoms with Crippen molar-refractivity contribution < 1.29 is 4.79 Å². The van der Waals surface area contributed by atoms with Crippen LogP contribution in [0.25, 0.3) is 0 Å². The summed E-state index contributed by atoms with van der Waals surface area (Å²) in [6.45, 7) is 5.87. The number of nitrogens with zero attached hydrogens (tertiary/aromatic N) is 2. The number of rotatable bonds is 5. The van der Waals surface area contributed by atoms with E-state index in [1.807, 2.05) is 11.9 Å². The monoisotopic (exact) mass is 198 g/mol. The molecule has 1 aliphatic heterocycles. The van der Waals surface area contributed by atoms with Crippen LogP contribution in [0.3, 0.4) is 0 Å². The lowest BCUT2D eigenvalue weighted by molar-refractivity contribution is -0.125. The maximum Gasteiger partial charge on any atom is 0.237 e. The van der Waals surface area contributed by atoms with Crippen molar-refractivity contribution in [1.82, 2.24) is 9.80 Å². The average molecular weight is 198 g/mol. The van der Waals surface area contributed by atoms with Crippen LogP contribution in [0.2, 0.25) is 0 Å². The van der Waals surface area contributed by atoms with Crippen molar-refractivity contribution in [1.29, 1.82) is 0 Å². The predicted octanol–water partition coefficient (Wildman–Crippen LogP) is 1.69. The van der Waals surface area contributed by atoms with Gasteiger partial charge in [0.2, 0.25) is 5.91 Å². The highest BCUT2D eigenvalue weighted by molar-refractivity contribution is 5.79. The molecule has 3 heteroatoms. The third-order valence-electron chi connectivity index (χ3n) is 3.04. The number of carbonyl (C=O) groups is 1. The lowest BCUT2D eigenvalue weighted by atomic mass is 10.1. The second-order valence-corrected chi connectivity index (χ2v) is 4.18. The highest BCUT2D eigenvalue weighted by atomic mass is 16.2. The van der Waals surface area contributed by atoms with Gasteiger partial charge in [-0.2, -0.15) is 0 Å². The van der Waals surface area contributed by atoms with Crippen LogP contribution in [0.15, 0.2) is 0 Å². The first-order valence-corrected chi connectivity index (χ1v) is 5.67. The van der Waals surface area contributed by atoms with Gasteiger partial charge >= 0.3 is 0 Å². The molecule has 14 heavy (non-hydrogen) atoms. The minimum atomic E-state index is 0.264. The smallest absolute Gasteiger partial charge is 0.237 e. The summed E-state index contributed by atoms with van der Waals surface area (Å²) in [5, 5.41) is 0. The topological polar surface area (TPSA) is 23.6 Å². The van der Waals surface area contributed by atoms with Crippen molar-refractivity contribution in [3.8, 4) is 0 Å². The van der Waals surface area contributed by atoms with Crippen molar-refractivity contribution >= 4 is 5.91 Å². The summed E-state index contributed by atoms with van der Waals surface area (Å²) in [7, 11) is 1.88. The van der Waals surface area contributed by atoms with Gasteiger partial charge < -0.3 is 4.90 Å². The van der Waals surface area contributed by atoms with E-state index in [0.29, 0.717) is 12.6 Å². The molecule has 1 heterocycles. The molecule has 0 aromatic heterocycles. The molecular weight excluding hydrogens is 176 g/mol. The fourth-order valence-corrected chi connectivity index (χ4v) is 2.03. The molecule has 1 fully saturated rings. The van der Waals surface area contributed by atoms with E-state index in [1.54, 1.807) is 0 Å². The molecule has 3 nitrogen and oxygen atoms in total. The minimum Gasteiger partial charge on any atom is -0.332 e. The highest BCUT2D eigenvalue weighted by Gasteiger charge is 2.28. The van der Waals surface area contributed by atoms with Crippen LogP contribution in [-0.2, 0) is 4.79 Å². The summed E-state index contributed by atoms with van der Waals surface area (Å²) < 4.78 is 0. The molecule has 1 amide bonds. The summed E-state index contributed by atoms with van der Waals surface area (Å²) in [5.41, 5.74) is 0. The van der Waals surface area contributed by atoms with Crippen molar-refractivity contribution in [3.63, 3.8) is 0 Å². The molecule has 0 bridgehead atoms. The van der Waals surface area contributed by atoms with Gasteiger partial charge in [0.15, 0.2) is 0 Å². The van der Waals surface area contributed by atoms with E-state index in [1.165, 1.54) is 19.3 Å². The van der Waals surface area contributed by atoms with Gasteiger partial charge in [0.25, 0.3) is 0 Å². The molecule has 0 aliphatic carbocycles. The zero-order chi connectivity index (χ0) is 10.6.